The van der Waals surface area contributed by atoms with Gasteiger partial charge in [0.05, 0.1) is 11.3 Å². The maximum Gasteiger partial charge on any atom is 0.341 e. The Hall–Kier alpha value is -1.65. The number of hydrogen-bond donors (Lipinski definition) is 1. The van der Waals surface area contributed by atoms with Gasteiger partial charge in [-0.05, 0) is 26.8 Å². The van der Waals surface area contributed by atoms with E-state index in [4.69, 9.17) is 10.5 Å². The topological polar surface area (TPSA) is 52.3 Å². The molecule has 16 heavy (non-hydrogen) atoms. The molecule has 0 spiro atoms. The van der Waals surface area contributed by atoms with Crippen molar-refractivity contribution in [3.8, 4) is 0 Å². The van der Waals surface area contributed by atoms with Crippen molar-refractivity contribution in [1.82, 2.24) is 0 Å². The molecule has 0 amide bonds. The molecule has 0 aliphatic rings. The summed E-state index contributed by atoms with van der Waals surface area (Å²) in [6.45, 7) is 4.95. The van der Waals surface area contributed by atoms with Crippen LogP contribution in [0.5, 0.6) is 0 Å². The van der Waals surface area contributed by atoms with Crippen molar-refractivity contribution in [3.63, 3.8) is 0 Å². The first-order chi connectivity index (χ1) is 7.20. The molecule has 1 rings (SSSR count). The highest BCUT2D eigenvalue weighted by Crippen LogP contribution is 2.19. The minimum absolute atomic E-state index is 0.290. The van der Waals surface area contributed by atoms with Gasteiger partial charge in [-0.3, -0.25) is 0 Å². The first-order valence-electron chi connectivity index (χ1n) is 4.68. The lowest BCUT2D eigenvalue weighted by Gasteiger charge is -2.19. The molecule has 0 heterocycles. The molecule has 1 aromatic rings. The number of nitrogen functional groups attached to an aromatic ring is 1. The number of benzene rings is 1. The van der Waals surface area contributed by atoms with Crippen molar-refractivity contribution < 1.29 is 18.3 Å². The summed E-state index contributed by atoms with van der Waals surface area (Å²) in [5, 5.41) is 0. The van der Waals surface area contributed by atoms with Crippen LogP contribution in [0.4, 0.5) is 14.5 Å². The molecule has 2 N–H and O–H groups in total. The summed E-state index contributed by atoms with van der Waals surface area (Å²) < 4.78 is 31.0. The highest BCUT2D eigenvalue weighted by atomic mass is 19.1. The molecule has 0 saturated heterocycles. The van der Waals surface area contributed by atoms with E-state index in [0.29, 0.717) is 6.07 Å². The van der Waals surface area contributed by atoms with E-state index in [-0.39, 0.29) is 11.3 Å². The molecule has 0 saturated carbocycles. The largest absolute Gasteiger partial charge is 0.456 e. The lowest BCUT2D eigenvalue weighted by atomic mass is 10.1. The Labute approximate surface area is 92.2 Å². The lowest BCUT2D eigenvalue weighted by Crippen LogP contribution is -2.24. The van der Waals surface area contributed by atoms with Gasteiger partial charge in [-0.25, -0.2) is 13.6 Å². The van der Waals surface area contributed by atoms with Gasteiger partial charge in [0.1, 0.15) is 17.2 Å². The normalized spacial score (nSPS) is 11.3. The molecular weight excluding hydrogens is 216 g/mol. The summed E-state index contributed by atoms with van der Waals surface area (Å²) in [5.41, 5.74) is 3.84. The molecule has 88 valence electrons. The van der Waals surface area contributed by atoms with Gasteiger partial charge < -0.3 is 10.5 Å². The fourth-order valence-corrected chi connectivity index (χ4v) is 1.06. The molecule has 1 aromatic carbocycles. The maximum atomic E-state index is 13.3. The number of nitrogens with two attached hydrogens (primary N) is 1. The van der Waals surface area contributed by atoms with Gasteiger partial charge >= 0.3 is 5.97 Å². The Morgan fingerprint density at radius 2 is 1.81 bits per heavy atom. The number of hydrogen-bond acceptors (Lipinski definition) is 3. The fraction of sp³-hybridized carbons (Fsp3) is 0.364. The number of esters is 1. The van der Waals surface area contributed by atoms with Crippen molar-refractivity contribution in [2.75, 3.05) is 5.73 Å². The van der Waals surface area contributed by atoms with Gasteiger partial charge in [-0.2, -0.15) is 0 Å². The van der Waals surface area contributed by atoms with Crippen LogP contribution in [-0.4, -0.2) is 11.6 Å². The van der Waals surface area contributed by atoms with Crippen LogP contribution in [0.2, 0.25) is 0 Å². The highest BCUT2D eigenvalue weighted by molar-refractivity contribution is 5.91. The lowest BCUT2D eigenvalue weighted by molar-refractivity contribution is 0.00647. The average Bonchev–Trinajstić information content (AvgIpc) is 2.08. The molecule has 0 bridgehead atoms. The predicted molar refractivity (Wildman–Crippen MR) is 55.9 cm³/mol. The summed E-state index contributed by atoms with van der Waals surface area (Å²) in [7, 11) is 0. The van der Waals surface area contributed by atoms with E-state index in [1.54, 1.807) is 20.8 Å². The van der Waals surface area contributed by atoms with Crippen molar-refractivity contribution in [1.29, 1.82) is 0 Å². The first kappa shape index (κ1) is 12.4. The third-order valence-corrected chi connectivity index (χ3v) is 1.71. The van der Waals surface area contributed by atoms with Gasteiger partial charge in [0.2, 0.25) is 0 Å². The van der Waals surface area contributed by atoms with Crippen molar-refractivity contribution in [2.45, 2.75) is 26.4 Å². The number of carbonyl (C=O) groups excluding carboxylic acids is 1. The van der Waals surface area contributed by atoms with Gasteiger partial charge in [-0.15, -0.1) is 0 Å². The SMILES string of the molecule is CC(C)(C)OC(=O)c1cc(N)c(F)cc1F. The fourth-order valence-electron chi connectivity index (χ4n) is 1.06. The number of carbonyl (C=O) groups is 1. The molecule has 0 atom stereocenters. The zero-order chi connectivity index (χ0) is 12.5. The van der Waals surface area contributed by atoms with Crippen LogP contribution < -0.4 is 5.73 Å². The molecule has 0 fully saturated rings. The summed E-state index contributed by atoms with van der Waals surface area (Å²) in [4.78, 5) is 11.5. The van der Waals surface area contributed by atoms with E-state index in [1.165, 1.54) is 0 Å². The molecule has 3 nitrogen and oxygen atoms in total. The number of anilines is 1. The number of ether oxygens (including phenoxy) is 1. The van der Waals surface area contributed by atoms with Crippen LogP contribution in [0.3, 0.4) is 0 Å². The van der Waals surface area contributed by atoms with Gasteiger partial charge in [-0.1, -0.05) is 0 Å². The standard InChI is InChI=1S/C11H13F2NO2/c1-11(2,3)16-10(15)6-4-9(14)8(13)5-7(6)12/h4-5H,14H2,1-3H3. The van der Waals surface area contributed by atoms with E-state index < -0.39 is 23.2 Å². The summed E-state index contributed by atoms with van der Waals surface area (Å²) in [5.74, 6) is -2.75. The van der Waals surface area contributed by atoms with Gasteiger partial charge in [0.15, 0.2) is 0 Å². The van der Waals surface area contributed by atoms with Crippen molar-refractivity contribution >= 4 is 11.7 Å². The van der Waals surface area contributed by atoms with Gasteiger partial charge in [0.25, 0.3) is 0 Å². The van der Waals surface area contributed by atoms with E-state index in [0.717, 1.165) is 6.07 Å². The van der Waals surface area contributed by atoms with Crippen LogP contribution in [0.15, 0.2) is 12.1 Å². The minimum atomic E-state index is -0.985. The Morgan fingerprint density at radius 3 is 2.31 bits per heavy atom. The Bertz CT molecular complexity index is 425. The van der Waals surface area contributed by atoms with Crippen LogP contribution in [0.25, 0.3) is 0 Å². The first-order valence-corrected chi connectivity index (χ1v) is 4.68. The highest BCUT2D eigenvalue weighted by Gasteiger charge is 2.21. The van der Waals surface area contributed by atoms with E-state index in [2.05, 4.69) is 0 Å². The van der Waals surface area contributed by atoms with Crippen LogP contribution >= 0.6 is 0 Å². The molecule has 0 aliphatic carbocycles. The monoisotopic (exact) mass is 229 g/mol. The summed E-state index contributed by atoms with van der Waals surface area (Å²) >= 11 is 0. The molecule has 0 unspecified atom stereocenters. The Morgan fingerprint density at radius 1 is 1.25 bits per heavy atom. The second-order valence-corrected chi connectivity index (χ2v) is 4.36. The van der Waals surface area contributed by atoms with Crippen molar-refractivity contribution in [2.24, 2.45) is 0 Å². The van der Waals surface area contributed by atoms with E-state index >= 15 is 0 Å². The molecule has 0 aliphatic heterocycles. The summed E-state index contributed by atoms with van der Waals surface area (Å²) in [6.07, 6.45) is 0. The maximum absolute atomic E-state index is 13.3. The number of halogens is 2. The predicted octanol–water partition coefficient (Wildman–Crippen LogP) is 2.50. The third kappa shape index (κ3) is 2.92. The molecule has 0 aromatic heterocycles. The third-order valence-electron chi connectivity index (χ3n) is 1.71. The zero-order valence-electron chi connectivity index (χ0n) is 9.30. The van der Waals surface area contributed by atoms with E-state index in [1.807, 2.05) is 0 Å². The van der Waals surface area contributed by atoms with Crippen LogP contribution in [0.1, 0.15) is 31.1 Å². The van der Waals surface area contributed by atoms with Crippen molar-refractivity contribution in [3.05, 3.63) is 29.3 Å². The molecule has 0 radical (unpaired) electrons. The van der Waals surface area contributed by atoms with Gasteiger partial charge in [0, 0.05) is 6.07 Å². The Balaban J connectivity index is 3.05. The summed E-state index contributed by atoms with van der Waals surface area (Å²) in [6, 6.07) is 1.49. The van der Waals surface area contributed by atoms with E-state index in [9.17, 15) is 13.6 Å². The van der Waals surface area contributed by atoms with Crippen LogP contribution in [0, 0.1) is 11.6 Å². The Kier molecular flexibility index (Phi) is 3.16. The second kappa shape index (κ2) is 4.08. The molecule has 5 heteroatoms. The average molecular weight is 229 g/mol. The van der Waals surface area contributed by atoms with Crippen LogP contribution in [-0.2, 0) is 4.74 Å². The quantitative estimate of drug-likeness (QED) is 0.594. The smallest absolute Gasteiger partial charge is 0.341 e. The molecular formula is C11H13F2NO2. The zero-order valence-corrected chi connectivity index (χ0v) is 9.30. The number of rotatable bonds is 1. The second-order valence-electron chi connectivity index (χ2n) is 4.36. The minimum Gasteiger partial charge on any atom is -0.456 e.